The van der Waals surface area contributed by atoms with Crippen LogP contribution in [-0.4, -0.2) is 42.6 Å². The summed E-state index contributed by atoms with van der Waals surface area (Å²) in [5, 5.41) is 19.5. The number of ether oxygens (including phenoxy) is 1. The van der Waals surface area contributed by atoms with E-state index in [1.54, 1.807) is 6.07 Å². The van der Waals surface area contributed by atoms with Crippen LogP contribution >= 0.6 is 0 Å². The molecular formula is C19H24O6Si. The fraction of sp³-hybridized carbons (Fsp3) is 0.526. The van der Waals surface area contributed by atoms with Crippen LogP contribution in [0.15, 0.2) is 18.2 Å². The van der Waals surface area contributed by atoms with Gasteiger partial charge in [-0.05, 0) is 29.3 Å². The zero-order valence-electron chi connectivity index (χ0n) is 15.2. The molecule has 7 heteroatoms. The molecule has 0 saturated heterocycles. The molecule has 0 amide bonds. The van der Waals surface area contributed by atoms with Gasteiger partial charge in [-0.25, -0.2) is 0 Å². The molecule has 4 atom stereocenters. The molecular weight excluding hydrogens is 352 g/mol. The largest absolute Gasteiger partial charge is 0.508 e. The number of carboxylic acids is 1. The third-order valence-electron chi connectivity index (χ3n) is 5.41. The highest BCUT2D eigenvalue weighted by atomic mass is 28.3. The quantitative estimate of drug-likeness (QED) is 0.605. The van der Waals surface area contributed by atoms with E-state index >= 15 is 0 Å². The van der Waals surface area contributed by atoms with E-state index in [0.29, 0.717) is 5.56 Å². The smallest absolute Gasteiger partial charge is 0.310 e. The lowest BCUT2D eigenvalue weighted by Crippen LogP contribution is -2.50. The molecule has 1 aromatic carbocycles. The number of carbonyl (C=O) groups excluding carboxylic acids is 2. The molecule has 140 valence electrons. The molecule has 3 aliphatic carbocycles. The second-order valence-electron chi connectivity index (χ2n) is 8.44. The molecule has 0 aromatic heterocycles. The maximum atomic E-state index is 12.7. The van der Waals surface area contributed by atoms with Gasteiger partial charge in [0.25, 0.3) is 0 Å². The van der Waals surface area contributed by atoms with Crippen LogP contribution in [0, 0.1) is 11.8 Å². The van der Waals surface area contributed by atoms with Crippen LogP contribution in [0.1, 0.15) is 29.4 Å². The molecule has 0 aliphatic heterocycles. The van der Waals surface area contributed by atoms with E-state index in [1.807, 2.05) is 0 Å². The molecule has 26 heavy (non-hydrogen) atoms. The molecule has 2 bridgehead atoms. The van der Waals surface area contributed by atoms with E-state index in [1.165, 1.54) is 12.1 Å². The van der Waals surface area contributed by atoms with E-state index in [4.69, 9.17) is 4.74 Å². The molecule has 4 rings (SSSR count). The number of hydrogen-bond donors (Lipinski definition) is 2. The van der Waals surface area contributed by atoms with Crippen molar-refractivity contribution in [1.29, 1.82) is 0 Å². The van der Waals surface area contributed by atoms with E-state index in [-0.39, 0.29) is 24.6 Å². The van der Waals surface area contributed by atoms with Crippen LogP contribution in [0.4, 0.5) is 0 Å². The zero-order valence-corrected chi connectivity index (χ0v) is 16.2. The number of Topliss-reactive ketones (excluding diaryl/α,β-unsaturated/α-hetero) is 1. The lowest BCUT2D eigenvalue weighted by Gasteiger charge is -2.45. The molecule has 3 aliphatic rings. The predicted molar refractivity (Wildman–Crippen MR) is 96.9 cm³/mol. The Morgan fingerprint density at radius 1 is 1.19 bits per heavy atom. The van der Waals surface area contributed by atoms with Crippen LogP contribution in [0.5, 0.6) is 5.75 Å². The van der Waals surface area contributed by atoms with Gasteiger partial charge in [0.1, 0.15) is 11.5 Å². The first kappa shape index (κ1) is 18.6. The predicted octanol–water partition coefficient (Wildman–Crippen LogP) is 2.74. The van der Waals surface area contributed by atoms with Gasteiger partial charge in [0, 0.05) is 20.4 Å². The fourth-order valence-electron chi connectivity index (χ4n) is 4.13. The summed E-state index contributed by atoms with van der Waals surface area (Å²) in [5.41, 5.74) is 1.31. The number of aliphatic carboxylic acids is 1. The van der Waals surface area contributed by atoms with Crippen molar-refractivity contribution < 1.29 is 29.3 Å². The lowest BCUT2D eigenvalue weighted by atomic mass is 9.55. The second-order valence-corrected chi connectivity index (χ2v) is 14.1. The molecule has 0 radical (unpaired) electrons. The first-order valence-electron chi connectivity index (χ1n) is 8.85. The summed E-state index contributed by atoms with van der Waals surface area (Å²) in [6.45, 7) is 6.72. The van der Waals surface area contributed by atoms with Crippen molar-refractivity contribution in [3.05, 3.63) is 29.3 Å². The fourth-order valence-corrected chi connectivity index (χ4v) is 4.84. The monoisotopic (exact) mass is 376 g/mol. The lowest BCUT2D eigenvalue weighted by molar-refractivity contribution is -0.164. The first-order chi connectivity index (χ1) is 12.1. The zero-order chi connectivity index (χ0) is 19.2. The minimum Gasteiger partial charge on any atom is -0.508 e. The Morgan fingerprint density at radius 2 is 1.88 bits per heavy atom. The number of benzene rings is 1. The minimum absolute atomic E-state index is 0.00169. The van der Waals surface area contributed by atoms with Crippen molar-refractivity contribution in [2.75, 3.05) is 6.61 Å². The van der Waals surface area contributed by atoms with E-state index in [2.05, 4.69) is 19.6 Å². The maximum absolute atomic E-state index is 12.7. The number of esters is 1. The van der Waals surface area contributed by atoms with Gasteiger partial charge in [0.15, 0.2) is 0 Å². The van der Waals surface area contributed by atoms with Crippen molar-refractivity contribution >= 4 is 25.8 Å². The number of rotatable bonds is 5. The van der Waals surface area contributed by atoms with Gasteiger partial charge >= 0.3 is 11.9 Å². The summed E-state index contributed by atoms with van der Waals surface area (Å²) < 4.78 is 5.40. The summed E-state index contributed by atoms with van der Waals surface area (Å²) >= 11 is 0. The molecule has 2 N–H and O–H groups in total. The molecule has 1 aromatic rings. The van der Waals surface area contributed by atoms with Gasteiger partial charge in [0.05, 0.1) is 24.4 Å². The van der Waals surface area contributed by atoms with Gasteiger partial charge in [-0.3, -0.25) is 14.4 Å². The van der Waals surface area contributed by atoms with Crippen LogP contribution < -0.4 is 0 Å². The second kappa shape index (κ2) is 6.54. The Balaban J connectivity index is 1.94. The van der Waals surface area contributed by atoms with Gasteiger partial charge in [-0.15, -0.1) is 0 Å². The van der Waals surface area contributed by atoms with Crippen LogP contribution in [-0.2, 0) is 19.1 Å². The van der Waals surface area contributed by atoms with Crippen LogP contribution in [0.25, 0.3) is 0 Å². The number of ketones is 1. The molecule has 1 fully saturated rings. The molecule has 6 nitrogen and oxygen atoms in total. The number of phenolic OH excluding ortho intramolecular Hbond substituents is 1. The number of hydrogen-bond acceptors (Lipinski definition) is 5. The first-order valence-corrected chi connectivity index (χ1v) is 12.6. The third-order valence-corrected chi connectivity index (χ3v) is 7.11. The highest BCUT2D eigenvalue weighted by Gasteiger charge is 2.57. The number of phenols is 1. The average Bonchev–Trinajstić information content (AvgIpc) is 2.52. The van der Waals surface area contributed by atoms with Gasteiger partial charge in [-0.1, -0.05) is 25.7 Å². The Labute approximate surface area is 153 Å². The van der Waals surface area contributed by atoms with Crippen molar-refractivity contribution in [2.24, 2.45) is 11.8 Å². The topological polar surface area (TPSA) is 101 Å². The van der Waals surface area contributed by atoms with Crippen LogP contribution in [0.3, 0.4) is 0 Å². The summed E-state index contributed by atoms with van der Waals surface area (Å²) in [6.07, 6.45) is 0.109. The number of carbonyl (C=O) groups is 3. The van der Waals surface area contributed by atoms with Crippen molar-refractivity contribution in [3.63, 3.8) is 0 Å². The highest BCUT2D eigenvalue weighted by Crippen LogP contribution is 2.55. The Bertz CT molecular complexity index is 766. The summed E-state index contributed by atoms with van der Waals surface area (Å²) in [4.78, 5) is 37.2. The Hall–Kier alpha value is -2.15. The highest BCUT2D eigenvalue weighted by molar-refractivity contribution is 6.76. The third kappa shape index (κ3) is 3.27. The van der Waals surface area contributed by atoms with Gasteiger partial charge in [0.2, 0.25) is 0 Å². The van der Waals surface area contributed by atoms with Crippen molar-refractivity contribution in [2.45, 2.75) is 43.9 Å². The minimum atomic E-state index is -1.40. The number of fused-ring (bicyclic) bond motifs is 2. The van der Waals surface area contributed by atoms with Crippen molar-refractivity contribution in [1.82, 2.24) is 0 Å². The van der Waals surface area contributed by atoms with Crippen LogP contribution in [0.2, 0.25) is 25.7 Å². The van der Waals surface area contributed by atoms with Crippen molar-refractivity contribution in [3.8, 4) is 5.75 Å². The number of carboxylic acid groups (broad SMARTS) is 1. The molecule has 4 unspecified atom stereocenters. The average molecular weight is 376 g/mol. The van der Waals surface area contributed by atoms with Gasteiger partial charge in [-0.2, -0.15) is 0 Å². The normalized spacial score (nSPS) is 27.1. The molecule has 0 spiro atoms. The SMILES string of the molecule is C[Si](C)(C)CCOC(=O)C1C2C(=O)CC(c3ccc(O)cc32)C1C(=O)O. The van der Waals surface area contributed by atoms with Gasteiger partial charge < -0.3 is 14.9 Å². The van der Waals surface area contributed by atoms with E-state index in [0.717, 1.165) is 11.6 Å². The van der Waals surface area contributed by atoms with E-state index < -0.39 is 43.7 Å². The molecule has 0 heterocycles. The van der Waals surface area contributed by atoms with E-state index in [9.17, 15) is 24.6 Å². The summed E-state index contributed by atoms with van der Waals surface area (Å²) in [6, 6.07) is 5.41. The summed E-state index contributed by atoms with van der Waals surface area (Å²) in [7, 11) is -1.40. The Kier molecular flexibility index (Phi) is 4.68. The molecule has 1 saturated carbocycles. The summed E-state index contributed by atoms with van der Waals surface area (Å²) in [5.74, 6) is -5.29. The Morgan fingerprint density at radius 3 is 2.50 bits per heavy atom. The maximum Gasteiger partial charge on any atom is 0.310 e. The number of aromatic hydroxyl groups is 1. The standard InChI is InChI=1S/C19H24O6Si/c1-26(2,3)7-6-25-19(24)17-15-12-8-10(20)4-5-11(12)13(9-14(15)21)16(17)18(22)23/h4-5,8,13,15-17,20H,6-7,9H2,1-3H3,(H,22,23).